The molecule has 8 heteroatoms. The number of hydrogen-bond acceptors (Lipinski definition) is 4. The minimum atomic E-state index is -0.821. The van der Waals surface area contributed by atoms with Crippen molar-refractivity contribution >= 4 is 51.7 Å². The monoisotopic (exact) mass is 392 g/mol. The number of halogens is 2. The van der Waals surface area contributed by atoms with Crippen molar-refractivity contribution in [3.05, 3.63) is 57.8 Å². The molecule has 0 saturated carbocycles. The lowest BCUT2D eigenvalue weighted by Gasteiger charge is -2.05. The maximum absolute atomic E-state index is 12.9. The van der Waals surface area contributed by atoms with E-state index in [9.17, 15) is 9.59 Å². The Morgan fingerprint density at radius 2 is 1.96 bits per heavy atom. The second-order valence-corrected chi connectivity index (χ2v) is 6.18. The first-order chi connectivity index (χ1) is 12.4. The Balaban J connectivity index is 2.16. The predicted octanol–water partition coefficient (Wildman–Crippen LogP) is 4.86. The van der Waals surface area contributed by atoms with Crippen LogP contribution < -0.4 is 15.8 Å². The molecule has 26 heavy (non-hydrogen) atoms. The molecule has 0 aliphatic heterocycles. The van der Waals surface area contributed by atoms with Gasteiger partial charge in [-0.25, -0.2) is 4.79 Å². The number of nitrogens with one attached hydrogen (secondary N) is 1. The maximum Gasteiger partial charge on any atom is 0.316 e. The molecule has 0 saturated heterocycles. The summed E-state index contributed by atoms with van der Waals surface area (Å²) >= 11 is 12.0. The van der Waals surface area contributed by atoms with Crippen LogP contribution in [0.5, 0.6) is 5.75 Å². The van der Waals surface area contributed by atoms with Crippen molar-refractivity contribution in [2.45, 2.75) is 6.92 Å². The molecule has 2 aromatic carbocycles. The predicted molar refractivity (Wildman–Crippen MR) is 100 cm³/mol. The Morgan fingerprint density at radius 1 is 1.19 bits per heavy atom. The third kappa shape index (κ3) is 3.47. The summed E-state index contributed by atoms with van der Waals surface area (Å²) in [5, 5.41) is 3.52. The Kier molecular flexibility index (Phi) is 5.06. The standard InChI is InChI=1S/C18H14Cl2N2O4/c1-2-25-10-4-6-12-14(8-10)26-17(15(12)22-18(21)24)16(23)11-5-3-9(19)7-13(11)20/h3-8H,2H2,1H3,(H3,21,22,24). The highest BCUT2D eigenvalue weighted by atomic mass is 35.5. The summed E-state index contributed by atoms with van der Waals surface area (Å²) in [4.78, 5) is 24.3. The largest absolute Gasteiger partial charge is 0.494 e. The van der Waals surface area contributed by atoms with E-state index in [2.05, 4.69) is 5.32 Å². The number of nitrogens with two attached hydrogens (primary N) is 1. The normalized spacial score (nSPS) is 10.7. The number of rotatable bonds is 5. The molecule has 3 rings (SSSR count). The Morgan fingerprint density at radius 3 is 2.62 bits per heavy atom. The summed E-state index contributed by atoms with van der Waals surface area (Å²) in [5.41, 5.74) is 5.97. The molecule has 134 valence electrons. The second kappa shape index (κ2) is 7.27. The van der Waals surface area contributed by atoms with Gasteiger partial charge in [-0.15, -0.1) is 0 Å². The van der Waals surface area contributed by atoms with E-state index < -0.39 is 11.8 Å². The van der Waals surface area contributed by atoms with Crippen LogP contribution in [0.25, 0.3) is 11.0 Å². The molecule has 1 aromatic heterocycles. The van der Waals surface area contributed by atoms with Crippen molar-refractivity contribution in [3.63, 3.8) is 0 Å². The number of furan rings is 1. The van der Waals surface area contributed by atoms with Crippen LogP contribution >= 0.6 is 23.2 Å². The van der Waals surface area contributed by atoms with Crippen molar-refractivity contribution < 1.29 is 18.7 Å². The molecular weight excluding hydrogens is 379 g/mol. The molecule has 0 atom stereocenters. The van der Waals surface area contributed by atoms with Crippen molar-refractivity contribution in [2.75, 3.05) is 11.9 Å². The van der Waals surface area contributed by atoms with Gasteiger partial charge in [0.15, 0.2) is 5.76 Å². The molecule has 0 aliphatic carbocycles. The zero-order chi connectivity index (χ0) is 18.8. The minimum absolute atomic E-state index is 0.0864. The number of anilines is 1. The van der Waals surface area contributed by atoms with Crippen LogP contribution in [0, 0.1) is 0 Å². The molecule has 0 aliphatic rings. The lowest BCUT2D eigenvalue weighted by Crippen LogP contribution is -2.20. The summed E-state index contributed by atoms with van der Waals surface area (Å²) in [7, 11) is 0. The summed E-state index contributed by atoms with van der Waals surface area (Å²) in [6.45, 7) is 2.33. The lowest BCUT2D eigenvalue weighted by atomic mass is 10.1. The zero-order valence-electron chi connectivity index (χ0n) is 13.6. The third-order valence-electron chi connectivity index (χ3n) is 3.60. The molecule has 0 fully saturated rings. The fourth-order valence-electron chi connectivity index (χ4n) is 2.54. The quantitative estimate of drug-likeness (QED) is 0.606. The summed E-state index contributed by atoms with van der Waals surface area (Å²) in [5.74, 6) is -0.0239. The van der Waals surface area contributed by atoms with E-state index in [-0.39, 0.29) is 22.0 Å². The molecule has 0 spiro atoms. The van der Waals surface area contributed by atoms with Gasteiger partial charge in [-0.1, -0.05) is 23.2 Å². The number of ether oxygens (including phenoxy) is 1. The molecule has 3 aromatic rings. The van der Waals surface area contributed by atoms with Crippen LogP contribution in [0.1, 0.15) is 23.0 Å². The smallest absolute Gasteiger partial charge is 0.316 e. The van der Waals surface area contributed by atoms with Crippen LogP contribution in [0.2, 0.25) is 10.0 Å². The van der Waals surface area contributed by atoms with Crippen molar-refractivity contribution in [1.82, 2.24) is 0 Å². The number of carbonyl (C=O) groups is 2. The average Bonchev–Trinajstić information content (AvgIpc) is 2.92. The molecular formula is C18H14Cl2N2O4. The van der Waals surface area contributed by atoms with Crippen LogP contribution in [-0.2, 0) is 0 Å². The van der Waals surface area contributed by atoms with Gasteiger partial charge in [-0.2, -0.15) is 0 Å². The first-order valence-corrected chi connectivity index (χ1v) is 8.42. The van der Waals surface area contributed by atoms with Gasteiger partial charge in [0.1, 0.15) is 17.0 Å². The highest BCUT2D eigenvalue weighted by Crippen LogP contribution is 2.36. The number of hydrogen-bond donors (Lipinski definition) is 2. The number of ketones is 1. The van der Waals surface area contributed by atoms with Gasteiger partial charge in [0.25, 0.3) is 0 Å². The van der Waals surface area contributed by atoms with Gasteiger partial charge in [-0.05, 0) is 37.3 Å². The van der Waals surface area contributed by atoms with Gasteiger partial charge in [-0.3, -0.25) is 4.79 Å². The van der Waals surface area contributed by atoms with E-state index in [1.807, 2.05) is 6.92 Å². The van der Waals surface area contributed by atoms with E-state index in [0.717, 1.165) is 0 Å². The SMILES string of the molecule is CCOc1ccc2c(NC(N)=O)c(C(=O)c3ccc(Cl)cc3Cl)oc2c1. The van der Waals surface area contributed by atoms with Gasteiger partial charge < -0.3 is 20.2 Å². The van der Waals surface area contributed by atoms with Crippen LogP contribution in [0.15, 0.2) is 40.8 Å². The molecule has 0 radical (unpaired) electrons. The topological polar surface area (TPSA) is 94.6 Å². The number of amides is 2. The van der Waals surface area contributed by atoms with Crippen molar-refractivity contribution in [1.29, 1.82) is 0 Å². The number of urea groups is 1. The summed E-state index contributed by atoms with van der Waals surface area (Å²) < 4.78 is 11.1. The highest BCUT2D eigenvalue weighted by molar-refractivity contribution is 6.37. The third-order valence-corrected chi connectivity index (χ3v) is 4.15. The zero-order valence-corrected chi connectivity index (χ0v) is 15.1. The van der Waals surface area contributed by atoms with Crippen LogP contribution in [0.3, 0.4) is 0 Å². The van der Waals surface area contributed by atoms with E-state index >= 15 is 0 Å². The van der Waals surface area contributed by atoms with Crippen molar-refractivity contribution in [3.8, 4) is 5.75 Å². The average molecular weight is 393 g/mol. The lowest BCUT2D eigenvalue weighted by molar-refractivity contribution is 0.101. The first kappa shape index (κ1) is 18.1. The molecule has 2 amide bonds. The molecule has 1 heterocycles. The summed E-state index contributed by atoms with van der Waals surface area (Å²) in [6.07, 6.45) is 0. The molecule has 0 unspecified atom stereocenters. The number of primary amides is 1. The van der Waals surface area contributed by atoms with Gasteiger partial charge >= 0.3 is 6.03 Å². The Hall–Kier alpha value is -2.70. The fourth-order valence-corrected chi connectivity index (χ4v) is 3.03. The first-order valence-electron chi connectivity index (χ1n) is 7.66. The number of carbonyl (C=O) groups excluding carboxylic acids is 2. The van der Waals surface area contributed by atoms with Gasteiger partial charge in [0.2, 0.25) is 5.78 Å². The van der Waals surface area contributed by atoms with Crippen LogP contribution in [-0.4, -0.2) is 18.4 Å². The van der Waals surface area contributed by atoms with Crippen molar-refractivity contribution in [2.24, 2.45) is 5.73 Å². The highest BCUT2D eigenvalue weighted by Gasteiger charge is 2.25. The number of fused-ring (bicyclic) bond motifs is 1. The maximum atomic E-state index is 12.9. The van der Waals surface area contributed by atoms with E-state index in [1.54, 1.807) is 18.2 Å². The minimum Gasteiger partial charge on any atom is -0.494 e. The van der Waals surface area contributed by atoms with Gasteiger partial charge in [0, 0.05) is 22.0 Å². The summed E-state index contributed by atoms with van der Waals surface area (Å²) in [6, 6.07) is 8.67. The van der Waals surface area contributed by atoms with E-state index in [4.69, 9.17) is 38.1 Å². The Bertz CT molecular complexity index is 1010. The number of benzene rings is 2. The van der Waals surface area contributed by atoms with Gasteiger partial charge in [0.05, 0.1) is 11.6 Å². The Labute approximate surface area is 158 Å². The molecule has 3 N–H and O–H groups in total. The molecule has 6 nitrogen and oxygen atoms in total. The second-order valence-electron chi connectivity index (χ2n) is 5.34. The molecule has 0 bridgehead atoms. The van der Waals surface area contributed by atoms with E-state index in [0.29, 0.717) is 28.3 Å². The van der Waals surface area contributed by atoms with Crippen LogP contribution in [0.4, 0.5) is 10.5 Å². The van der Waals surface area contributed by atoms with E-state index in [1.165, 1.54) is 18.2 Å². The fraction of sp³-hybridized carbons (Fsp3) is 0.111.